The molecule has 2 aliphatic rings. The molecule has 2 aliphatic carbocycles. The van der Waals surface area contributed by atoms with Crippen LogP contribution in [-0.4, -0.2) is 68.9 Å². The number of esters is 2. The molecule has 4 N–H and O–H groups in total. The normalized spacial score (nSPS) is 19.7. The number of benzene rings is 1. The van der Waals surface area contributed by atoms with E-state index < -0.39 is 50.9 Å². The zero-order valence-electron chi connectivity index (χ0n) is 29.1. The molecule has 0 aromatic heterocycles. The molecule has 13 nitrogen and oxygen atoms in total. The molecule has 272 valence electrons. The summed E-state index contributed by atoms with van der Waals surface area (Å²) in [6.45, 7) is 8.76. The van der Waals surface area contributed by atoms with Crippen LogP contribution < -0.4 is 20.7 Å². The summed E-state index contributed by atoms with van der Waals surface area (Å²) in [5.41, 5.74) is -2.23. The molecule has 49 heavy (non-hydrogen) atoms. The van der Waals surface area contributed by atoms with Gasteiger partial charge in [0.05, 0.1) is 19.3 Å². The van der Waals surface area contributed by atoms with E-state index in [1.165, 1.54) is 31.4 Å². The summed E-state index contributed by atoms with van der Waals surface area (Å²) < 4.78 is 39.2. The number of anilines is 1. The van der Waals surface area contributed by atoms with E-state index in [0.29, 0.717) is 19.3 Å². The van der Waals surface area contributed by atoms with Gasteiger partial charge in [0, 0.05) is 18.8 Å². The van der Waals surface area contributed by atoms with Crippen molar-refractivity contribution in [3.63, 3.8) is 0 Å². The van der Waals surface area contributed by atoms with Gasteiger partial charge in [0.1, 0.15) is 22.1 Å². The first-order valence-corrected chi connectivity index (χ1v) is 18.5. The molecule has 0 aliphatic heterocycles. The molecular weight excluding hydrogens is 652 g/mol. The monoisotopic (exact) mass is 704 g/mol. The Labute approximate surface area is 289 Å². The van der Waals surface area contributed by atoms with Gasteiger partial charge in [0.15, 0.2) is 0 Å². The van der Waals surface area contributed by atoms with Gasteiger partial charge in [0.25, 0.3) is 15.9 Å². The predicted octanol–water partition coefficient (Wildman–Crippen LogP) is 3.88. The summed E-state index contributed by atoms with van der Waals surface area (Å²) in [4.78, 5) is 63.2. The van der Waals surface area contributed by atoms with E-state index in [1.54, 1.807) is 26.8 Å². The van der Waals surface area contributed by atoms with Gasteiger partial charge in [-0.15, -0.1) is 6.58 Å². The van der Waals surface area contributed by atoms with Crippen LogP contribution in [0.15, 0.2) is 41.8 Å². The van der Waals surface area contributed by atoms with Crippen LogP contribution in [0.2, 0.25) is 0 Å². The van der Waals surface area contributed by atoms with E-state index in [0.717, 1.165) is 44.9 Å². The second-order valence-electron chi connectivity index (χ2n) is 13.8. The van der Waals surface area contributed by atoms with Crippen molar-refractivity contribution in [2.45, 2.75) is 120 Å². The van der Waals surface area contributed by atoms with Crippen molar-refractivity contribution >= 4 is 45.4 Å². The van der Waals surface area contributed by atoms with Gasteiger partial charge in [-0.25, -0.2) is 13.1 Å². The summed E-state index contributed by atoms with van der Waals surface area (Å²) in [5, 5.41) is 8.33. The van der Waals surface area contributed by atoms with Crippen molar-refractivity contribution in [3.05, 3.63) is 36.9 Å². The summed E-state index contributed by atoms with van der Waals surface area (Å²) in [7, 11) is -3.12. The lowest BCUT2D eigenvalue weighted by molar-refractivity contribution is -0.159. The third-order valence-corrected chi connectivity index (χ3v) is 10.2. The maximum Gasteiger partial charge on any atom is 0.323 e. The Morgan fingerprint density at radius 1 is 0.980 bits per heavy atom. The zero-order chi connectivity index (χ0) is 36.2. The van der Waals surface area contributed by atoms with Gasteiger partial charge >= 0.3 is 11.9 Å². The van der Waals surface area contributed by atoms with Crippen LogP contribution in [0.5, 0.6) is 0 Å². The molecular formula is C35H52N4O9S. The number of para-hydroxylation sites is 1. The number of hydrogen-bond acceptors (Lipinski definition) is 10. The van der Waals surface area contributed by atoms with Gasteiger partial charge in [-0.3, -0.25) is 29.3 Å². The van der Waals surface area contributed by atoms with E-state index in [-0.39, 0.29) is 47.8 Å². The highest BCUT2D eigenvalue weighted by molar-refractivity contribution is 7.90. The minimum Gasteiger partial charge on any atom is -0.469 e. The molecule has 0 spiro atoms. The SMILES string of the molecule is C=C[C@@H]1C[C@]1(NC(=O)CNC(C(=O)OC(C)(C)C)C1CCCC1)C(=O)NS(=O)(=O)c1ccccc1NC(=O)CCCCCCCC(=O)OC. The van der Waals surface area contributed by atoms with Crippen LogP contribution in [0.4, 0.5) is 5.69 Å². The first-order valence-electron chi connectivity index (χ1n) is 17.0. The summed E-state index contributed by atoms with van der Waals surface area (Å²) >= 11 is 0. The number of hydrogen-bond donors (Lipinski definition) is 4. The topological polar surface area (TPSA) is 186 Å². The number of ether oxygens (including phenoxy) is 2. The molecule has 3 atom stereocenters. The van der Waals surface area contributed by atoms with Gasteiger partial charge in [-0.05, 0) is 70.9 Å². The van der Waals surface area contributed by atoms with Crippen LogP contribution in [0.25, 0.3) is 0 Å². The smallest absolute Gasteiger partial charge is 0.323 e. The fourth-order valence-electron chi connectivity index (χ4n) is 6.10. The molecule has 2 fully saturated rings. The Balaban J connectivity index is 1.59. The lowest BCUT2D eigenvalue weighted by atomic mass is 9.97. The highest BCUT2D eigenvalue weighted by atomic mass is 32.2. The fraction of sp³-hybridized carbons (Fsp3) is 0.629. The van der Waals surface area contributed by atoms with E-state index >= 15 is 0 Å². The molecule has 0 heterocycles. The molecule has 2 saturated carbocycles. The van der Waals surface area contributed by atoms with Crippen molar-refractivity contribution < 1.29 is 41.9 Å². The van der Waals surface area contributed by atoms with Gasteiger partial charge in [0.2, 0.25) is 11.8 Å². The van der Waals surface area contributed by atoms with E-state index in [2.05, 4.69) is 32.0 Å². The average Bonchev–Trinajstić information content (AvgIpc) is 3.47. The van der Waals surface area contributed by atoms with Crippen LogP contribution in [0.1, 0.15) is 97.8 Å². The Morgan fingerprint density at radius 2 is 1.61 bits per heavy atom. The molecule has 14 heteroatoms. The quantitative estimate of drug-likeness (QED) is 0.0936. The molecule has 1 aromatic rings. The Morgan fingerprint density at radius 3 is 2.22 bits per heavy atom. The first-order chi connectivity index (χ1) is 23.1. The first kappa shape index (κ1) is 39.7. The highest BCUT2D eigenvalue weighted by Crippen LogP contribution is 2.45. The second-order valence-corrected chi connectivity index (χ2v) is 15.5. The lowest BCUT2D eigenvalue weighted by Crippen LogP contribution is -2.55. The van der Waals surface area contributed by atoms with Crippen molar-refractivity contribution in [1.82, 2.24) is 15.4 Å². The van der Waals surface area contributed by atoms with Crippen LogP contribution in [-0.2, 0) is 43.5 Å². The molecule has 0 bridgehead atoms. The number of unbranched alkanes of at least 4 members (excludes halogenated alkanes) is 4. The number of rotatable bonds is 19. The fourth-order valence-corrected chi connectivity index (χ4v) is 7.30. The van der Waals surface area contributed by atoms with Gasteiger partial charge in [-0.2, -0.15) is 0 Å². The zero-order valence-corrected chi connectivity index (χ0v) is 29.9. The van der Waals surface area contributed by atoms with Crippen LogP contribution in [0.3, 0.4) is 0 Å². The van der Waals surface area contributed by atoms with Gasteiger partial charge < -0.3 is 20.1 Å². The van der Waals surface area contributed by atoms with Crippen molar-refractivity contribution in [2.24, 2.45) is 11.8 Å². The lowest BCUT2D eigenvalue weighted by Gasteiger charge is -2.28. The third-order valence-electron chi connectivity index (χ3n) is 8.77. The molecule has 3 amide bonds. The summed E-state index contributed by atoms with van der Waals surface area (Å²) in [6, 6.07) is 5.05. The van der Waals surface area contributed by atoms with E-state index in [4.69, 9.17) is 4.74 Å². The van der Waals surface area contributed by atoms with Crippen molar-refractivity contribution in [2.75, 3.05) is 19.0 Å². The van der Waals surface area contributed by atoms with Crippen molar-refractivity contribution in [1.29, 1.82) is 0 Å². The number of methoxy groups -OCH3 is 1. The Hall–Kier alpha value is -3.78. The molecule has 1 unspecified atom stereocenters. The maximum absolute atomic E-state index is 13.5. The van der Waals surface area contributed by atoms with E-state index in [9.17, 15) is 32.4 Å². The minimum atomic E-state index is -4.47. The largest absolute Gasteiger partial charge is 0.469 e. The van der Waals surface area contributed by atoms with Gasteiger partial charge in [-0.1, -0.05) is 50.3 Å². The number of amides is 3. The third kappa shape index (κ3) is 11.9. The number of nitrogens with one attached hydrogen (secondary N) is 4. The van der Waals surface area contributed by atoms with Crippen molar-refractivity contribution in [3.8, 4) is 0 Å². The molecule has 0 saturated heterocycles. The van der Waals surface area contributed by atoms with E-state index in [1.807, 2.05) is 0 Å². The summed E-state index contributed by atoms with van der Waals surface area (Å²) in [6.07, 6.45) is 9.46. The van der Waals surface area contributed by atoms with Crippen LogP contribution in [0, 0.1) is 11.8 Å². The average molecular weight is 705 g/mol. The standard InChI is InChI=1S/C35H52N4O9S/c1-6-25-22-35(25,38-29(41)23-36-31(24-16-12-13-17-24)32(43)48-34(2,3)4)33(44)39-49(45,46)27-19-15-14-18-26(27)37-28(40)20-10-8-7-9-11-21-30(42)47-5/h6,14-15,18-19,24-25,31,36H,1,7-13,16-17,20-23H2,2-5H3,(H,37,40)(H,38,41)(H,39,44)/t25-,31?,35-/m1/s1. The molecule has 1 aromatic carbocycles. The predicted molar refractivity (Wildman–Crippen MR) is 184 cm³/mol. The maximum atomic E-state index is 13.5. The second kappa shape index (κ2) is 17.7. The Bertz CT molecular complexity index is 1470. The Kier molecular flexibility index (Phi) is 14.4. The number of carbonyl (C=O) groups is 5. The molecule has 0 radical (unpaired) electrons. The molecule has 3 rings (SSSR count). The number of carbonyl (C=O) groups excluding carboxylic acids is 5. The number of sulfonamides is 1. The highest BCUT2D eigenvalue weighted by Gasteiger charge is 2.60. The summed E-state index contributed by atoms with van der Waals surface area (Å²) in [5.74, 6) is -3.09. The van der Waals surface area contributed by atoms with Crippen LogP contribution >= 0.6 is 0 Å². The minimum absolute atomic E-state index is 0.0109.